The van der Waals surface area contributed by atoms with E-state index in [2.05, 4.69) is 15.6 Å². The summed E-state index contributed by atoms with van der Waals surface area (Å²) in [7, 11) is 0. The standard InChI is InChI=1S/C13H16F3N3O/c14-13(15,16)12(4-8-18-9-12)11(20)19-7-3-10-1-5-17-6-2-10/h1-2,5-6,18H,3-4,7-9H2,(H,19,20). The van der Waals surface area contributed by atoms with Crippen molar-refractivity contribution in [3.05, 3.63) is 30.1 Å². The minimum atomic E-state index is -4.53. The molecule has 0 radical (unpaired) electrons. The molecule has 1 atom stereocenters. The van der Waals surface area contributed by atoms with Gasteiger partial charge in [-0.25, -0.2) is 0 Å². The summed E-state index contributed by atoms with van der Waals surface area (Å²) in [6.45, 7) is 0.0373. The van der Waals surface area contributed by atoms with Gasteiger partial charge < -0.3 is 10.6 Å². The van der Waals surface area contributed by atoms with Crippen molar-refractivity contribution in [3.8, 4) is 0 Å². The van der Waals surface area contributed by atoms with Crippen LogP contribution >= 0.6 is 0 Å². The second-order valence-corrected chi connectivity index (χ2v) is 4.87. The Balaban J connectivity index is 1.93. The van der Waals surface area contributed by atoms with Gasteiger partial charge in [0.25, 0.3) is 0 Å². The number of nitrogens with zero attached hydrogens (tertiary/aromatic N) is 1. The molecule has 20 heavy (non-hydrogen) atoms. The molecule has 4 nitrogen and oxygen atoms in total. The van der Waals surface area contributed by atoms with Gasteiger partial charge in [-0.2, -0.15) is 13.2 Å². The monoisotopic (exact) mass is 287 g/mol. The first-order chi connectivity index (χ1) is 9.46. The van der Waals surface area contributed by atoms with Gasteiger partial charge in [0.15, 0.2) is 5.41 Å². The van der Waals surface area contributed by atoms with E-state index in [1.54, 1.807) is 24.5 Å². The van der Waals surface area contributed by atoms with Gasteiger partial charge in [0.1, 0.15) is 0 Å². The van der Waals surface area contributed by atoms with E-state index in [-0.39, 0.29) is 26.1 Å². The molecule has 0 spiro atoms. The van der Waals surface area contributed by atoms with E-state index in [1.807, 2.05) is 0 Å². The molecule has 1 amide bonds. The van der Waals surface area contributed by atoms with Crippen molar-refractivity contribution in [3.63, 3.8) is 0 Å². The minimum Gasteiger partial charge on any atom is -0.355 e. The van der Waals surface area contributed by atoms with E-state index < -0.39 is 17.5 Å². The fraction of sp³-hybridized carbons (Fsp3) is 0.538. The predicted molar refractivity (Wildman–Crippen MR) is 66.9 cm³/mol. The third-order valence-corrected chi connectivity index (χ3v) is 3.58. The number of rotatable bonds is 4. The number of halogens is 3. The van der Waals surface area contributed by atoms with E-state index in [0.29, 0.717) is 6.42 Å². The predicted octanol–water partition coefficient (Wildman–Crippen LogP) is 1.28. The number of hydrogen-bond donors (Lipinski definition) is 2. The van der Waals surface area contributed by atoms with Crippen molar-refractivity contribution in [2.75, 3.05) is 19.6 Å². The Hall–Kier alpha value is -1.63. The topological polar surface area (TPSA) is 54.0 Å². The molecule has 1 unspecified atom stereocenters. The Morgan fingerprint density at radius 3 is 2.65 bits per heavy atom. The molecular formula is C13H16F3N3O. The number of carbonyl (C=O) groups is 1. The summed E-state index contributed by atoms with van der Waals surface area (Å²) >= 11 is 0. The molecule has 0 aromatic carbocycles. The van der Waals surface area contributed by atoms with Crippen molar-refractivity contribution < 1.29 is 18.0 Å². The molecule has 0 bridgehead atoms. The van der Waals surface area contributed by atoms with Gasteiger partial charge in [0.05, 0.1) is 0 Å². The molecule has 0 saturated carbocycles. The zero-order valence-corrected chi connectivity index (χ0v) is 10.8. The van der Waals surface area contributed by atoms with E-state index >= 15 is 0 Å². The molecule has 1 saturated heterocycles. The number of nitrogens with one attached hydrogen (secondary N) is 2. The highest BCUT2D eigenvalue weighted by atomic mass is 19.4. The largest absolute Gasteiger partial charge is 0.404 e. The van der Waals surface area contributed by atoms with E-state index in [0.717, 1.165) is 5.56 Å². The molecular weight excluding hydrogens is 271 g/mol. The summed E-state index contributed by atoms with van der Waals surface area (Å²) < 4.78 is 39.3. The maximum atomic E-state index is 13.1. The third kappa shape index (κ3) is 2.92. The van der Waals surface area contributed by atoms with Crippen LogP contribution in [0.3, 0.4) is 0 Å². The van der Waals surface area contributed by atoms with Gasteiger partial charge in [0.2, 0.25) is 5.91 Å². The summed E-state index contributed by atoms with van der Waals surface area (Å²) in [5.74, 6) is -0.941. The molecule has 0 aliphatic carbocycles. The first-order valence-electron chi connectivity index (χ1n) is 6.40. The molecule has 1 aromatic rings. The summed E-state index contributed by atoms with van der Waals surface area (Å²) in [6, 6.07) is 3.53. The molecule has 7 heteroatoms. The van der Waals surface area contributed by atoms with Crippen LogP contribution < -0.4 is 10.6 Å². The lowest BCUT2D eigenvalue weighted by atomic mass is 9.85. The fourth-order valence-corrected chi connectivity index (χ4v) is 2.30. The van der Waals surface area contributed by atoms with Crippen LogP contribution in [0.5, 0.6) is 0 Å². The maximum absolute atomic E-state index is 13.1. The van der Waals surface area contributed by atoms with Crippen molar-refractivity contribution in [1.82, 2.24) is 15.6 Å². The molecule has 110 valence electrons. The number of pyridine rings is 1. The average molecular weight is 287 g/mol. The molecule has 2 heterocycles. The third-order valence-electron chi connectivity index (χ3n) is 3.58. The van der Waals surface area contributed by atoms with Gasteiger partial charge in [-0.15, -0.1) is 0 Å². The SMILES string of the molecule is O=C(NCCc1ccncc1)C1(C(F)(F)F)CCNC1. The quantitative estimate of drug-likeness (QED) is 0.877. The zero-order valence-electron chi connectivity index (χ0n) is 10.8. The average Bonchev–Trinajstić information content (AvgIpc) is 2.90. The van der Waals surface area contributed by atoms with Crippen LogP contribution in [0.4, 0.5) is 13.2 Å². The van der Waals surface area contributed by atoms with Crippen LogP contribution in [0.15, 0.2) is 24.5 Å². The Morgan fingerprint density at radius 2 is 2.10 bits per heavy atom. The van der Waals surface area contributed by atoms with Crippen LogP contribution in [-0.2, 0) is 11.2 Å². The van der Waals surface area contributed by atoms with Crippen LogP contribution in [0.2, 0.25) is 0 Å². The fourth-order valence-electron chi connectivity index (χ4n) is 2.30. The zero-order chi connectivity index (χ0) is 14.6. The second kappa shape index (κ2) is 5.78. The van der Waals surface area contributed by atoms with E-state index in [4.69, 9.17) is 0 Å². The van der Waals surface area contributed by atoms with Gasteiger partial charge in [0, 0.05) is 25.5 Å². The number of hydrogen-bond acceptors (Lipinski definition) is 3. The lowest BCUT2D eigenvalue weighted by Crippen LogP contribution is -2.52. The Labute approximate surface area is 114 Å². The summed E-state index contributed by atoms with van der Waals surface area (Å²) in [6.07, 6.45) is -1.05. The summed E-state index contributed by atoms with van der Waals surface area (Å²) in [4.78, 5) is 15.8. The highest BCUT2D eigenvalue weighted by Crippen LogP contribution is 2.43. The van der Waals surface area contributed by atoms with Crippen LogP contribution in [0, 0.1) is 5.41 Å². The first-order valence-corrected chi connectivity index (χ1v) is 6.40. The smallest absolute Gasteiger partial charge is 0.355 e. The van der Waals surface area contributed by atoms with Crippen LogP contribution in [0.1, 0.15) is 12.0 Å². The van der Waals surface area contributed by atoms with Crippen LogP contribution in [0.25, 0.3) is 0 Å². The van der Waals surface area contributed by atoms with Gasteiger partial charge in [-0.3, -0.25) is 9.78 Å². The van der Waals surface area contributed by atoms with Crippen LogP contribution in [-0.4, -0.2) is 36.7 Å². The van der Waals surface area contributed by atoms with Gasteiger partial charge in [-0.1, -0.05) is 0 Å². The number of alkyl halides is 3. The van der Waals surface area contributed by atoms with Crippen molar-refractivity contribution in [2.24, 2.45) is 5.41 Å². The molecule has 2 N–H and O–H groups in total. The molecule has 1 aliphatic rings. The van der Waals surface area contributed by atoms with Gasteiger partial charge in [-0.05, 0) is 37.1 Å². The normalized spacial score (nSPS) is 22.8. The van der Waals surface area contributed by atoms with E-state index in [1.165, 1.54) is 0 Å². The Morgan fingerprint density at radius 1 is 1.40 bits per heavy atom. The lowest BCUT2D eigenvalue weighted by Gasteiger charge is -2.29. The van der Waals surface area contributed by atoms with Crippen molar-refractivity contribution >= 4 is 5.91 Å². The highest BCUT2D eigenvalue weighted by Gasteiger charge is 2.61. The molecule has 2 rings (SSSR count). The minimum absolute atomic E-state index is 0.181. The highest BCUT2D eigenvalue weighted by molar-refractivity contribution is 5.84. The van der Waals surface area contributed by atoms with E-state index in [9.17, 15) is 18.0 Å². The molecule has 1 aliphatic heterocycles. The molecule has 1 aromatic heterocycles. The Bertz CT molecular complexity index is 456. The first kappa shape index (κ1) is 14.8. The lowest BCUT2D eigenvalue weighted by molar-refractivity contribution is -0.215. The number of aromatic nitrogens is 1. The van der Waals surface area contributed by atoms with Crippen molar-refractivity contribution in [1.29, 1.82) is 0 Å². The summed E-state index contributed by atoms with van der Waals surface area (Å²) in [5, 5.41) is 5.02. The maximum Gasteiger partial charge on any atom is 0.404 e. The second-order valence-electron chi connectivity index (χ2n) is 4.87. The summed E-state index contributed by atoms with van der Waals surface area (Å²) in [5.41, 5.74) is -1.36. The Kier molecular flexibility index (Phi) is 4.27. The van der Waals surface area contributed by atoms with Crippen molar-refractivity contribution in [2.45, 2.75) is 19.0 Å². The van der Waals surface area contributed by atoms with Gasteiger partial charge >= 0.3 is 6.18 Å². The number of amides is 1. The molecule has 1 fully saturated rings. The number of carbonyl (C=O) groups excluding carboxylic acids is 1.